The molecule has 0 rings (SSSR count). The van der Waals surface area contributed by atoms with Crippen LogP contribution in [0, 0.1) is 0 Å². The lowest BCUT2D eigenvalue weighted by atomic mass is 10.0. The van der Waals surface area contributed by atoms with Crippen molar-refractivity contribution in [1.82, 2.24) is 5.32 Å². The maximum absolute atomic E-state index is 12.4. The Morgan fingerprint density at radius 3 is 1.22 bits per heavy atom. The van der Waals surface area contributed by atoms with Gasteiger partial charge in [-0.1, -0.05) is 212 Å². The van der Waals surface area contributed by atoms with Gasteiger partial charge in [-0.2, -0.15) is 0 Å². The predicted octanol–water partition coefficient (Wildman–Crippen LogP) is 15.5. The largest absolute Gasteiger partial charge is 0.466 e. The fraction of sp³-hybridized carbons (Fsp3) is 0.887. The van der Waals surface area contributed by atoms with Gasteiger partial charge in [0.25, 0.3) is 0 Å². The van der Waals surface area contributed by atoms with Crippen LogP contribution in [0.15, 0.2) is 24.3 Å². The SMILES string of the molecule is CCCCCCCCC/C=C\CCCCCCCCCC(=O)OCCCCCCCC/C=C\CCCCCC(=O)NC(CO)C(O)CCCCCCCCCCCCC. The summed E-state index contributed by atoms with van der Waals surface area (Å²) in [7, 11) is 0. The smallest absolute Gasteiger partial charge is 0.305 e. The maximum Gasteiger partial charge on any atom is 0.305 e. The Morgan fingerprint density at radius 1 is 0.458 bits per heavy atom. The Labute approximate surface area is 367 Å². The van der Waals surface area contributed by atoms with E-state index in [0.29, 0.717) is 25.9 Å². The summed E-state index contributed by atoms with van der Waals surface area (Å²) in [5.41, 5.74) is 0. The van der Waals surface area contributed by atoms with E-state index in [9.17, 15) is 19.8 Å². The first-order valence-corrected chi connectivity index (χ1v) is 26.1. The summed E-state index contributed by atoms with van der Waals surface area (Å²) in [6.07, 6.45) is 57.2. The van der Waals surface area contributed by atoms with Crippen LogP contribution in [-0.4, -0.2) is 47.4 Å². The number of amides is 1. The van der Waals surface area contributed by atoms with Crippen LogP contribution in [0.1, 0.15) is 277 Å². The molecule has 0 aromatic carbocycles. The zero-order chi connectivity index (χ0) is 43.0. The van der Waals surface area contributed by atoms with Gasteiger partial charge in [0.15, 0.2) is 0 Å². The highest BCUT2D eigenvalue weighted by Crippen LogP contribution is 2.16. The topological polar surface area (TPSA) is 95.9 Å². The number of carbonyl (C=O) groups is 2. The minimum atomic E-state index is -0.680. The van der Waals surface area contributed by atoms with Crippen molar-refractivity contribution < 1.29 is 24.5 Å². The highest BCUT2D eigenvalue weighted by Gasteiger charge is 2.20. The normalized spacial score (nSPS) is 12.8. The van der Waals surface area contributed by atoms with Crippen LogP contribution in [-0.2, 0) is 14.3 Å². The Morgan fingerprint density at radius 2 is 0.797 bits per heavy atom. The molecule has 2 atom stereocenters. The van der Waals surface area contributed by atoms with Crippen molar-refractivity contribution in [2.75, 3.05) is 13.2 Å². The minimum absolute atomic E-state index is 0.0158. The molecule has 0 aliphatic heterocycles. The molecule has 2 unspecified atom stereocenters. The summed E-state index contributed by atoms with van der Waals surface area (Å²) in [5.74, 6) is -0.0822. The lowest BCUT2D eigenvalue weighted by molar-refractivity contribution is -0.143. The number of aliphatic hydroxyl groups is 2. The number of esters is 1. The molecular weight excluding hydrogens is 731 g/mol. The molecule has 3 N–H and O–H groups in total. The van der Waals surface area contributed by atoms with Gasteiger partial charge in [0.05, 0.1) is 25.4 Å². The summed E-state index contributed by atoms with van der Waals surface area (Å²) in [4.78, 5) is 24.5. The van der Waals surface area contributed by atoms with Crippen LogP contribution >= 0.6 is 0 Å². The van der Waals surface area contributed by atoms with E-state index < -0.39 is 12.1 Å². The number of rotatable bonds is 48. The second-order valence-electron chi connectivity index (χ2n) is 17.8. The first-order valence-electron chi connectivity index (χ1n) is 26.1. The molecule has 0 radical (unpaired) electrons. The second kappa shape index (κ2) is 49.0. The molecule has 0 spiro atoms. The Kier molecular flexibility index (Phi) is 47.6. The van der Waals surface area contributed by atoms with Gasteiger partial charge in [-0.05, 0) is 77.0 Å². The number of aliphatic hydroxyl groups excluding tert-OH is 2. The Balaban J connectivity index is 3.47. The zero-order valence-electron chi connectivity index (χ0n) is 39.5. The molecule has 0 saturated heterocycles. The fourth-order valence-electron chi connectivity index (χ4n) is 7.92. The molecule has 0 saturated carbocycles. The number of nitrogens with one attached hydrogen (secondary N) is 1. The molecule has 6 heteroatoms. The van der Waals surface area contributed by atoms with Gasteiger partial charge in [-0.3, -0.25) is 9.59 Å². The maximum atomic E-state index is 12.4. The molecular formula is C53H101NO5. The molecule has 0 aliphatic carbocycles. The second-order valence-corrected chi connectivity index (χ2v) is 17.8. The van der Waals surface area contributed by atoms with Gasteiger partial charge in [0, 0.05) is 12.8 Å². The zero-order valence-corrected chi connectivity index (χ0v) is 39.5. The molecule has 0 aromatic rings. The van der Waals surface area contributed by atoms with Crippen LogP contribution in [0.4, 0.5) is 0 Å². The summed E-state index contributed by atoms with van der Waals surface area (Å²) < 4.78 is 5.46. The average Bonchev–Trinajstić information content (AvgIpc) is 3.24. The number of allylic oxidation sites excluding steroid dienone is 4. The van der Waals surface area contributed by atoms with Crippen molar-refractivity contribution in [2.24, 2.45) is 0 Å². The van der Waals surface area contributed by atoms with E-state index in [1.54, 1.807) is 0 Å². The molecule has 0 fully saturated rings. The van der Waals surface area contributed by atoms with E-state index >= 15 is 0 Å². The van der Waals surface area contributed by atoms with E-state index in [1.165, 1.54) is 173 Å². The van der Waals surface area contributed by atoms with Gasteiger partial charge in [0.2, 0.25) is 5.91 Å². The van der Waals surface area contributed by atoms with E-state index in [1.807, 2.05) is 0 Å². The monoisotopic (exact) mass is 832 g/mol. The first kappa shape index (κ1) is 57.3. The van der Waals surface area contributed by atoms with Gasteiger partial charge in [-0.15, -0.1) is 0 Å². The molecule has 348 valence electrons. The van der Waals surface area contributed by atoms with Crippen molar-refractivity contribution in [3.63, 3.8) is 0 Å². The standard InChI is InChI=1S/C53H101NO5/c1-3-5-7-9-11-13-15-16-17-18-19-20-23-27-31-35-39-43-47-53(58)59-48-44-40-36-32-28-24-21-22-26-30-34-38-42-46-52(57)54-50(49-55)51(56)45-41-37-33-29-25-14-12-10-8-6-4-2/h17-18,22,26,50-51,55-56H,3-16,19-21,23-25,27-49H2,1-2H3,(H,54,57)/b18-17-,26-22-. The summed E-state index contributed by atoms with van der Waals surface area (Å²) >= 11 is 0. The van der Waals surface area contributed by atoms with E-state index in [0.717, 1.165) is 70.6 Å². The molecule has 0 aliphatic rings. The van der Waals surface area contributed by atoms with Gasteiger partial charge >= 0.3 is 5.97 Å². The third-order valence-electron chi connectivity index (χ3n) is 12.0. The van der Waals surface area contributed by atoms with E-state index in [-0.39, 0.29) is 18.5 Å². The minimum Gasteiger partial charge on any atom is -0.466 e. The van der Waals surface area contributed by atoms with Crippen molar-refractivity contribution in [2.45, 2.75) is 289 Å². The van der Waals surface area contributed by atoms with E-state index in [4.69, 9.17) is 4.74 Å². The quantitative estimate of drug-likeness (QED) is 0.0322. The molecule has 0 heterocycles. The van der Waals surface area contributed by atoms with Crippen LogP contribution in [0.25, 0.3) is 0 Å². The highest BCUT2D eigenvalue weighted by molar-refractivity contribution is 5.76. The first-order chi connectivity index (χ1) is 29.0. The van der Waals surface area contributed by atoms with Gasteiger partial charge in [-0.25, -0.2) is 0 Å². The summed E-state index contributed by atoms with van der Waals surface area (Å²) in [6.45, 7) is 4.90. The summed E-state index contributed by atoms with van der Waals surface area (Å²) in [6, 6.07) is -0.560. The van der Waals surface area contributed by atoms with Crippen LogP contribution in [0.3, 0.4) is 0 Å². The number of unbranched alkanes of at least 4 members (excludes halogenated alkanes) is 33. The summed E-state index contributed by atoms with van der Waals surface area (Å²) in [5, 5.41) is 23.1. The van der Waals surface area contributed by atoms with Crippen LogP contribution < -0.4 is 5.32 Å². The predicted molar refractivity (Wildman–Crippen MR) is 255 cm³/mol. The van der Waals surface area contributed by atoms with Crippen molar-refractivity contribution >= 4 is 11.9 Å². The molecule has 6 nitrogen and oxygen atoms in total. The Hall–Kier alpha value is -1.66. The fourth-order valence-corrected chi connectivity index (χ4v) is 7.92. The lowest BCUT2D eigenvalue weighted by Crippen LogP contribution is -2.45. The number of ether oxygens (including phenoxy) is 1. The van der Waals surface area contributed by atoms with Gasteiger partial charge in [0.1, 0.15) is 0 Å². The van der Waals surface area contributed by atoms with Crippen LogP contribution in [0.5, 0.6) is 0 Å². The van der Waals surface area contributed by atoms with Gasteiger partial charge < -0.3 is 20.3 Å². The third-order valence-corrected chi connectivity index (χ3v) is 12.0. The molecule has 0 aromatic heterocycles. The molecule has 59 heavy (non-hydrogen) atoms. The van der Waals surface area contributed by atoms with E-state index in [2.05, 4.69) is 43.5 Å². The highest BCUT2D eigenvalue weighted by atomic mass is 16.5. The Bertz CT molecular complexity index is 920. The van der Waals surface area contributed by atoms with Crippen molar-refractivity contribution in [1.29, 1.82) is 0 Å². The van der Waals surface area contributed by atoms with Crippen molar-refractivity contribution in [3.8, 4) is 0 Å². The number of carbonyl (C=O) groups excluding carboxylic acids is 2. The number of hydrogen-bond donors (Lipinski definition) is 3. The third kappa shape index (κ3) is 45.7. The average molecular weight is 832 g/mol. The molecule has 1 amide bonds. The molecule has 0 bridgehead atoms. The lowest BCUT2D eigenvalue weighted by Gasteiger charge is -2.22. The van der Waals surface area contributed by atoms with Crippen molar-refractivity contribution in [3.05, 3.63) is 24.3 Å². The number of hydrogen-bond acceptors (Lipinski definition) is 5. The van der Waals surface area contributed by atoms with Crippen LogP contribution in [0.2, 0.25) is 0 Å².